The molecule has 0 N–H and O–H groups in total. The molecule has 2 aromatic heterocycles. The van der Waals surface area contributed by atoms with Gasteiger partial charge in [0.05, 0.1) is 28.7 Å². The van der Waals surface area contributed by atoms with Crippen molar-refractivity contribution < 1.29 is 0 Å². The third-order valence-electron chi connectivity index (χ3n) is 5.84. The first kappa shape index (κ1) is 21.1. The van der Waals surface area contributed by atoms with Crippen LogP contribution in [0.25, 0.3) is 33.5 Å². The monoisotopic (exact) mass is 417 g/mol. The maximum Gasteiger partial charge on any atom is 0.329 e. The van der Waals surface area contributed by atoms with Crippen molar-refractivity contribution in [2.24, 2.45) is 0 Å². The second kappa shape index (κ2) is 8.55. The Balaban J connectivity index is 1.94. The lowest BCUT2D eigenvalue weighted by molar-refractivity contribution is 0.385. The zero-order valence-corrected chi connectivity index (χ0v) is 19.1. The zero-order valence-electron chi connectivity index (χ0n) is 19.1. The molecule has 0 unspecified atom stereocenters. The highest BCUT2D eigenvalue weighted by molar-refractivity contribution is 5.86. The van der Waals surface area contributed by atoms with Gasteiger partial charge in [0.25, 0.3) is 0 Å². The third kappa shape index (κ3) is 3.83. The molecular weight excluding hydrogens is 386 g/mol. The molecule has 2 aromatic carbocycles. The number of hydrogen-bond donors (Lipinski definition) is 0. The molecule has 0 spiro atoms. The summed E-state index contributed by atoms with van der Waals surface area (Å²) >= 11 is 0. The Kier molecular flexibility index (Phi) is 5.83. The molecule has 0 fully saturated rings. The summed E-state index contributed by atoms with van der Waals surface area (Å²) in [6.07, 6.45) is 1.94. The van der Waals surface area contributed by atoms with Crippen LogP contribution in [0.1, 0.15) is 19.4 Å². The Bertz CT molecular complexity index is 1280. The van der Waals surface area contributed by atoms with Gasteiger partial charge in [0.2, 0.25) is 0 Å². The lowest BCUT2D eigenvalue weighted by atomic mass is 10.0. The number of aromatic nitrogens is 4. The zero-order chi connectivity index (χ0) is 22.1. The third-order valence-corrected chi connectivity index (χ3v) is 5.84. The van der Waals surface area contributed by atoms with Gasteiger partial charge in [0.15, 0.2) is 0 Å². The van der Waals surface area contributed by atoms with Gasteiger partial charge >= 0.3 is 5.69 Å². The molecule has 0 amide bonds. The molecule has 0 aliphatic rings. The van der Waals surface area contributed by atoms with E-state index in [0.29, 0.717) is 13.1 Å². The van der Waals surface area contributed by atoms with Crippen LogP contribution in [0.2, 0.25) is 0 Å². The Morgan fingerprint density at radius 1 is 0.935 bits per heavy atom. The number of likely N-dealkylation sites (N-methyl/N-ethyl adjacent to an activating group) is 1. The van der Waals surface area contributed by atoms with Crippen LogP contribution in [0.15, 0.2) is 53.6 Å². The maximum absolute atomic E-state index is 12.8. The minimum absolute atomic E-state index is 0.0529. The number of imidazole rings is 2. The van der Waals surface area contributed by atoms with Gasteiger partial charge in [0.1, 0.15) is 0 Å². The lowest BCUT2D eigenvalue weighted by Crippen LogP contribution is -2.23. The highest BCUT2D eigenvalue weighted by Crippen LogP contribution is 2.33. The van der Waals surface area contributed by atoms with E-state index < -0.39 is 0 Å². The Morgan fingerprint density at radius 3 is 2.35 bits per heavy atom. The van der Waals surface area contributed by atoms with Crippen molar-refractivity contribution in [2.45, 2.75) is 40.4 Å². The number of aryl methyl sites for hydroxylation is 3. The SMILES string of the molecule is CCn1c(=O)n(CC)c2cc(-c3c(-c4cccc(C)c4)ncn3CCN(C)C)ccc21. The Labute approximate surface area is 183 Å². The summed E-state index contributed by atoms with van der Waals surface area (Å²) in [5.74, 6) is 0. The number of benzene rings is 2. The van der Waals surface area contributed by atoms with Crippen LogP contribution in [0.3, 0.4) is 0 Å². The molecule has 0 aliphatic heterocycles. The molecular formula is C25H31N5O. The van der Waals surface area contributed by atoms with E-state index in [4.69, 9.17) is 4.98 Å². The summed E-state index contributed by atoms with van der Waals surface area (Å²) in [5.41, 5.74) is 7.47. The van der Waals surface area contributed by atoms with E-state index in [-0.39, 0.29) is 5.69 Å². The average molecular weight is 418 g/mol. The van der Waals surface area contributed by atoms with Crippen molar-refractivity contribution in [3.8, 4) is 22.5 Å². The molecule has 162 valence electrons. The molecule has 6 heteroatoms. The number of fused-ring (bicyclic) bond motifs is 1. The van der Waals surface area contributed by atoms with E-state index in [1.807, 2.05) is 29.3 Å². The fourth-order valence-electron chi connectivity index (χ4n) is 4.24. The van der Waals surface area contributed by atoms with E-state index >= 15 is 0 Å². The van der Waals surface area contributed by atoms with Crippen LogP contribution < -0.4 is 5.69 Å². The maximum atomic E-state index is 12.8. The van der Waals surface area contributed by atoms with Gasteiger partial charge in [-0.2, -0.15) is 0 Å². The molecule has 0 aliphatic carbocycles. The summed E-state index contributed by atoms with van der Waals surface area (Å²) in [7, 11) is 4.16. The molecule has 2 heterocycles. The highest BCUT2D eigenvalue weighted by Gasteiger charge is 2.18. The largest absolute Gasteiger partial charge is 0.329 e. The smallest absolute Gasteiger partial charge is 0.329 e. The summed E-state index contributed by atoms with van der Waals surface area (Å²) in [6.45, 7) is 9.22. The Morgan fingerprint density at radius 2 is 1.68 bits per heavy atom. The molecule has 0 atom stereocenters. The van der Waals surface area contributed by atoms with Gasteiger partial charge in [-0.3, -0.25) is 9.13 Å². The molecule has 6 nitrogen and oxygen atoms in total. The van der Waals surface area contributed by atoms with Crippen LogP contribution in [-0.2, 0) is 19.6 Å². The fraction of sp³-hybridized carbons (Fsp3) is 0.360. The Hall–Kier alpha value is -3.12. The molecule has 0 saturated heterocycles. The fourth-order valence-corrected chi connectivity index (χ4v) is 4.24. The number of hydrogen-bond acceptors (Lipinski definition) is 3. The predicted octanol–water partition coefficient (Wildman–Crippen LogP) is 4.24. The topological polar surface area (TPSA) is 48.0 Å². The number of nitrogens with zero attached hydrogens (tertiary/aromatic N) is 5. The van der Waals surface area contributed by atoms with Crippen molar-refractivity contribution in [2.75, 3.05) is 20.6 Å². The lowest BCUT2D eigenvalue weighted by Gasteiger charge is -2.14. The van der Waals surface area contributed by atoms with Crippen molar-refractivity contribution >= 4 is 11.0 Å². The van der Waals surface area contributed by atoms with E-state index in [1.165, 1.54) is 5.56 Å². The molecule has 0 saturated carbocycles. The van der Waals surface area contributed by atoms with Crippen molar-refractivity contribution in [1.82, 2.24) is 23.6 Å². The summed E-state index contributed by atoms with van der Waals surface area (Å²) in [6, 6.07) is 14.8. The van der Waals surface area contributed by atoms with Gasteiger partial charge < -0.3 is 9.47 Å². The van der Waals surface area contributed by atoms with Gasteiger partial charge in [-0.05, 0) is 53.1 Å². The van der Waals surface area contributed by atoms with E-state index in [9.17, 15) is 4.79 Å². The van der Waals surface area contributed by atoms with Crippen LogP contribution in [0.5, 0.6) is 0 Å². The first-order valence-electron chi connectivity index (χ1n) is 10.9. The summed E-state index contributed by atoms with van der Waals surface area (Å²) in [4.78, 5) is 19.8. The van der Waals surface area contributed by atoms with Gasteiger partial charge in [0, 0.05) is 37.3 Å². The molecule has 4 aromatic rings. The van der Waals surface area contributed by atoms with Gasteiger partial charge in [-0.15, -0.1) is 0 Å². The minimum atomic E-state index is 0.0529. The van der Waals surface area contributed by atoms with Crippen molar-refractivity contribution in [1.29, 1.82) is 0 Å². The van der Waals surface area contributed by atoms with Gasteiger partial charge in [-0.25, -0.2) is 9.78 Å². The van der Waals surface area contributed by atoms with Crippen LogP contribution in [-0.4, -0.2) is 44.2 Å². The van der Waals surface area contributed by atoms with Crippen molar-refractivity contribution in [3.63, 3.8) is 0 Å². The summed E-state index contributed by atoms with van der Waals surface area (Å²) < 4.78 is 5.92. The quantitative estimate of drug-likeness (QED) is 0.452. The molecule has 4 rings (SSSR count). The van der Waals surface area contributed by atoms with Crippen LogP contribution in [0, 0.1) is 6.92 Å². The van der Waals surface area contributed by atoms with E-state index in [2.05, 4.69) is 73.0 Å². The normalized spacial score (nSPS) is 11.7. The molecule has 31 heavy (non-hydrogen) atoms. The van der Waals surface area contributed by atoms with E-state index in [0.717, 1.165) is 46.6 Å². The van der Waals surface area contributed by atoms with Crippen molar-refractivity contribution in [3.05, 3.63) is 64.8 Å². The standard InChI is InChI=1S/C25H31N5O/c1-6-29-21-12-11-20(16-22(21)30(7-2)25(29)31)24-23(19-10-8-9-18(3)15-19)26-17-28(24)14-13-27(4)5/h8-12,15-17H,6-7,13-14H2,1-5H3. The van der Waals surface area contributed by atoms with Gasteiger partial charge in [-0.1, -0.05) is 29.8 Å². The predicted molar refractivity (Wildman–Crippen MR) is 127 cm³/mol. The summed E-state index contributed by atoms with van der Waals surface area (Å²) in [5, 5.41) is 0. The van der Waals surface area contributed by atoms with Crippen LogP contribution >= 0.6 is 0 Å². The van der Waals surface area contributed by atoms with Crippen LogP contribution in [0.4, 0.5) is 0 Å². The second-order valence-electron chi connectivity index (χ2n) is 8.28. The number of rotatable bonds is 7. The highest BCUT2D eigenvalue weighted by atomic mass is 16.1. The molecule has 0 radical (unpaired) electrons. The second-order valence-corrected chi connectivity index (χ2v) is 8.28. The van der Waals surface area contributed by atoms with E-state index in [1.54, 1.807) is 0 Å². The first-order chi connectivity index (χ1) is 14.9. The minimum Gasteiger partial charge on any atom is -0.329 e. The molecule has 0 bridgehead atoms. The first-order valence-corrected chi connectivity index (χ1v) is 10.9. The average Bonchev–Trinajstić information content (AvgIpc) is 3.29.